The second-order valence-electron chi connectivity index (χ2n) is 3.97. The summed E-state index contributed by atoms with van der Waals surface area (Å²) >= 11 is 0. The molecular weight excluding hydrogens is 143 g/mol. The molecule has 0 radical (unpaired) electrons. The zero-order valence-corrected chi connectivity index (χ0v) is 7.33. The molecule has 64 valence electrons. The van der Waals surface area contributed by atoms with Gasteiger partial charge in [0, 0.05) is 0 Å². The van der Waals surface area contributed by atoms with Crippen molar-refractivity contribution in [2.45, 2.75) is 32.2 Å². The lowest BCUT2D eigenvalue weighted by molar-refractivity contribution is 0.131. The van der Waals surface area contributed by atoms with Crippen molar-refractivity contribution in [3.8, 4) is 0 Å². The van der Waals surface area contributed by atoms with Gasteiger partial charge in [0.25, 0.3) is 0 Å². The lowest BCUT2D eigenvalue weighted by Crippen LogP contribution is -2.28. The van der Waals surface area contributed by atoms with Gasteiger partial charge in [0.1, 0.15) is 0 Å². The van der Waals surface area contributed by atoms with E-state index in [-0.39, 0.29) is 25.1 Å². The minimum absolute atomic E-state index is 0.00389. The van der Waals surface area contributed by atoms with Crippen molar-refractivity contribution in [1.29, 1.82) is 0 Å². The van der Waals surface area contributed by atoms with E-state index in [2.05, 4.69) is 20.8 Å². The van der Waals surface area contributed by atoms with Crippen LogP contribution in [-0.4, -0.2) is 31.5 Å². The zero-order chi connectivity index (χ0) is 8.48. The van der Waals surface area contributed by atoms with Crippen molar-refractivity contribution in [1.82, 2.24) is 0 Å². The molecular formula is C7H15BO3. The van der Waals surface area contributed by atoms with Crippen LogP contribution in [0.25, 0.3) is 0 Å². The molecule has 4 heteroatoms. The molecule has 0 saturated carbocycles. The molecule has 0 bridgehead atoms. The lowest BCUT2D eigenvalue weighted by Gasteiger charge is -2.20. The maximum absolute atomic E-state index is 8.74. The molecule has 1 heterocycles. The van der Waals surface area contributed by atoms with E-state index >= 15 is 0 Å². The van der Waals surface area contributed by atoms with E-state index in [1.165, 1.54) is 0 Å². The molecule has 0 aromatic rings. The van der Waals surface area contributed by atoms with Crippen molar-refractivity contribution in [2.24, 2.45) is 0 Å². The minimum atomic E-state index is -0.167. The Bertz CT molecular complexity index is 132. The fourth-order valence-corrected chi connectivity index (χ4v) is 0.998. The Morgan fingerprint density at radius 2 is 2.18 bits per heavy atom. The second-order valence-corrected chi connectivity index (χ2v) is 3.97. The van der Waals surface area contributed by atoms with Gasteiger partial charge in [-0.1, -0.05) is 20.8 Å². The van der Waals surface area contributed by atoms with Gasteiger partial charge in [-0.25, -0.2) is 0 Å². The van der Waals surface area contributed by atoms with Crippen LogP contribution in [0, 0.1) is 0 Å². The number of rotatable bonds is 1. The summed E-state index contributed by atoms with van der Waals surface area (Å²) in [6, 6.07) is 0. The summed E-state index contributed by atoms with van der Waals surface area (Å²) in [6.45, 7) is 6.72. The molecule has 1 atom stereocenters. The normalized spacial score (nSPS) is 26.2. The molecule has 1 rings (SSSR count). The molecule has 1 aliphatic rings. The van der Waals surface area contributed by atoms with Crippen molar-refractivity contribution in [2.75, 3.05) is 13.2 Å². The molecule has 0 amide bonds. The summed E-state index contributed by atoms with van der Waals surface area (Å²) in [7, 11) is -0.167. The van der Waals surface area contributed by atoms with Crippen molar-refractivity contribution < 1.29 is 14.4 Å². The summed E-state index contributed by atoms with van der Waals surface area (Å²) in [5.41, 5.74) is 0. The van der Waals surface area contributed by atoms with E-state index in [0.29, 0.717) is 6.61 Å². The topological polar surface area (TPSA) is 38.7 Å². The van der Waals surface area contributed by atoms with Gasteiger partial charge < -0.3 is 14.4 Å². The van der Waals surface area contributed by atoms with E-state index in [9.17, 15) is 0 Å². The third-order valence-electron chi connectivity index (χ3n) is 1.66. The number of aliphatic hydroxyl groups excluding tert-OH is 1. The molecule has 1 aliphatic heterocycles. The first-order valence-electron chi connectivity index (χ1n) is 3.92. The third kappa shape index (κ3) is 2.19. The maximum atomic E-state index is 8.74. The largest absolute Gasteiger partial charge is 0.463 e. The van der Waals surface area contributed by atoms with E-state index in [4.69, 9.17) is 14.4 Å². The number of hydrogen-bond donors (Lipinski definition) is 1. The molecule has 11 heavy (non-hydrogen) atoms. The van der Waals surface area contributed by atoms with E-state index < -0.39 is 0 Å². The van der Waals surface area contributed by atoms with Gasteiger partial charge in [0.15, 0.2) is 0 Å². The quantitative estimate of drug-likeness (QED) is 0.570. The molecule has 1 unspecified atom stereocenters. The highest BCUT2D eigenvalue weighted by atomic mass is 16.6. The number of hydrogen-bond acceptors (Lipinski definition) is 3. The summed E-state index contributed by atoms with van der Waals surface area (Å²) in [5, 5.41) is 8.75. The Balaban J connectivity index is 2.42. The van der Waals surface area contributed by atoms with Gasteiger partial charge in [-0.3, -0.25) is 0 Å². The van der Waals surface area contributed by atoms with Gasteiger partial charge in [-0.05, 0) is 5.31 Å². The van der Waals surface area contributed by atoms with Crippen LogP contribution in [0.1, 0.15) is 20.8 Å². The summed E-state index contributed by atoms with van der Waals surface area (Å²) < 4.78 is 10.7. The average molecular weight is 158 g/mol. The SMILES string of the molecule is CC(C)(C)B1OCC(CO)O1. The Morgan fingerprint density at radius 3 is 2.45 bits per heavy atom. The van der Waals surface area contributed by atoms with Crippen LogP contribution in [-0.2, 0) is 9.31 Å². The zero-order valence-electron chi connectivity index (χ0n) is 7.33. The van der Waals surface area contributed by atoms with Crippen molar-refractivity contribution in [3.63, 3.8) is 0 Å². The Labute approximate surface area is 67.8 Å². The van der Waals surface area contributed by atoms with E-state index in [1.807, 2.05) is 0 Å². The molecule has 1 N–H and O–H groups in total. The monoisotopic (exact) mass is 158 g/mol. The summed E-state index contributed by atoms with van der Waals surface area (Å²) in [4.78, 5) is 0. The highest BCUT2D eigenvalue weighted by Crippen LogP contribution is 2.31. The van der Waals surface area contributed by atoms with Crippen LogP contribution in [0.15, 0.2) is 0 Å². The van der Waals surface area contributed by atoms with Crippen LogP contribution in [0.5, 0.6) is 0 Å². The molecule has 0 aromatic heterocycles. The predicted molar refractivity (Wildman–Crippen MR) is 43.4 cm³/mol. The van der Waals surface area contributed by atoms with Crippen LogP contribution in [0.3, 0.4) is 0 Å². The fraction of sp³-hybridized carbons (Fsp3) is 1.00. The van der Waals surface area contributed by atoms with Gasteiger partial charge in [0.05, 0.1) is 19.3 Å². The van der Waals surface area contributed by atoms with Crippen LogP contribution in [0.4, 0.5) is 0 Å². The van der Waals surface area contributed by atoms with Gasteiger partial charge >= 0.3 is 7.12 Å². The first kappa shape index (κ1) is 9.04. The van der Waals surface area contributed by atoms with Gasteiger partial charge in [-0.15, -0.1) is 0 Å². The van der Waals surface area contributed by atoms with Gasteiger partial charge in [-0.2, -0.15) is 0 Å². The van der Waals surface area contributed by atoms with E-state index in [1.54, 1.807) is 0 Å². The molecule has 0 aliphatic carbocycles. The lowest BCUT2D eigenvalue weighted by atomic mass is 9.61. The molecule has 1 saturated heterocycles. The standard InChI is InChI=1S/C7H15BO3/c1-7(2,3)8-10-5-6(4-9)11-8/h6,9H,4-5H2,1-3H3. The smallest absolute Gasteiger partial charge is 0.408 e. The Hall–Kier alpha value is -0.0551. The summed E-state index contributed by atoms with van der Waals surface area (Å²) in [5.74, 6) is 0. The third-order valence-corrected chi connectivity index (χ3v) is 1.66. The highest BCUT2D eigenvalue weighted by Gasteiger charge is 2.40. The van der Waals surface area contributed by atoms with E-state index in [0.717, 1.165) is 0 Å². The van der Waals surface area contributed by atoms with Crippen LogP contribution in [0.2, 0.25) is 5.31 Å². The minimum Gasteiger partial charge on any atom is -0.408 e. The predicted octanol–water partition coefficient (Wildman–Crippen LogP) is 0.682. The highest BCUT2D eigenvalue weighted by molar-refractivity contribution is 6.48. The molecule has 0 spiro atoms. The number of aliphatic hydroxyl groups is 1. The Kier molecular flexibility index (Phi) is 2.57. The molecule has 0 aromatic carbocycles. The van der Waals surface area contributed by atoms with Gasteiger partial charge in [0.2, 0.25) is 0 Å². The Morgan fingerprint density at radius 1 is 1.55 bits per heavy atom. The fourth-order valence-electron chi connectivity index (χ4n) is 0.998. The average Bonchev–Trinajstić information content (AvgIpc) is 2.32. The molecule has 3 nitrogen and oxygen atoms in total. The summed E-state index contributed by atoms with van der Waals surface area (Å²) in [6.07, 6.45) is -0.126. The first-order chi connectivity index (χ1) is 5.04. The van der Waals surface area contributed by atoms with Crippen LogP contribution >= 0.6 is 0 Å². The van der Waals surface area contributed by atoms with Crippen molar-refractivity contribution >= 4 is 7.12 Å². The van der Waals surface area contributed by atoms with Crippen LogP contribution < -0.4 is 0 Å². The first-order valence-corrected chi connectivity index (χ1v) is 3.92. The second kappa shape index (κ2) is 3.13. The molecule has 1 fully saturated rings. The van der Waals surface area contributed by atoms with Crippen molar-refractivity contribution in [3.05, 3.63) is 0 Å². The maximum Gasteiger partial charge on any atom is 0.463 e.